The molecule has 1 rings (SSSR count). The van der Waals surface area contributed by atoms with Crippen molar-refractivity contribution in [3.63, 3.8) is 0 Å². The van der Waals surface area contributed by atoms with E-state index in [-0.39, 0.29) is 0 Å². The summed E-state index contributed by atoms with van der Waals surface area (Å²) in [6.45, 7) is 9.00. The third-order valence-electron chi connectivity index (χ3n) is 4.36. The first-order valence-electron chi connectivity index (χ1n) is 9.30. The molecule has 0 aromatic carbocycles. The van der Waals surface area contributed by atoms with Crippen LogP contribution in [0.25, 0.3) is 0 Å². The zero-order valence-electron chi connectivity index (χ0n) is 15.8. The smallest absolute Gasteiger partial charge is 0.357 e. The molecule has 0 spiro atoms. The molecule has 1 fully saturated rings. The number of rotatable bonds is 9. The van der Waals surface area contributed by atoms with E-state index in [2.05, 4.69) is 27.4 Å². The normalized spacial score (nSPS) is 18.0. The van der Waals surface area contributed by atoms with Crippen molar-refractivity contribution in [1.29, 1.82) is 0 Å². The summed E-state index contributed by atoms with van der Waals surface area (Å²) in [5.74, 6) is 1.52. The van der Waals surface area contributed by atoms with E-state index < -0.39 is 12.7 Å². The fourth-order valence-electron chi connectivity index (χ4n) is 2.86. The Hall–Kier alpha value is -1.02. The third kappa shape index (κ3) is 11.3. The highest BCUT2D eigenvalue weighted by Crippen LogP contribution is 2.16. The number of nitrogens with one attached hydrogen (secondary N) is 2. The van der Waals surface area contributed by atoms with Gasteiger partial charge >= 0.3 is 6.18 Å². The molecule has 2 N–H and O–H groups in total. The van der Waals surface area contributed by atoms with Crippen LogP contribution in [-0.4, -0.2) is 81.3 Å². The first kappa shape index (κ1) is 22.0. The van der Waals surface area contributed by atoms with Gasteiger partial charge in [0, 0.05) is 26.2 Å². The minimum Gasteiger partial charge on any atom is -0.357 e. The van der Waals surface area contributed by atoms with Crippen LogP contribution in [0.3, 0.4) is 0 Å². The van der Waals surface area contributed by atoms with E-state index in [0.29, 0.717) is 19.0 Å². The lowest BCUT2D eigenvalue weighted by atomic mass is 9.99. The van der Waals surface area contributed by atoms with Crippen LogP contribution >= 0.6 is 0 Å². The Morgan fingerprint density at radius 1 is 1.24 bits per heavy atom. The molecular formula is C17H34F3N5. The van der Waals surface area contributed by atoms with Gasteiger partial charge in [-0.15, -0.1) is 0 Å². The van der Waals surface area contributed by atoms with Crippen molar-refractivity contribution in [3.05, 3.63) is 0 Å². The maximum atomic E-state index is 12.3. The molecule has 1 aliphatic rings. The van der Waals surface area contributed by atoms with Crippen LogP contribution in [0.4, 0.5) is 13.2 Å². The minimum absolute atomic E-state index is 0.315. The Morgan fingerprint density at radius 3 is 2.52 bits per heavy atom. The summed E-state index contributed by atoms with van der Waals surface area (Å²) in [4.78, 5) is 8.26. The topological polar surface area (TPSA) is 42.9 Å². The van der Waals surface area contributed by atoms with Gasteiger partial charge in [0.1, 0.15) is 0 Å². The average molecular weight is 365 g/mol. The van der Waals surface area contributed by atoms with Crippen LogP contribution in [0.2, 0.25) is 0 Å². The summed E-state index contributed by atoms with van der Waals surface area (Å²) in [5.41, 5.74) is 0. The maximum absolute atomic E-state index is 12.3. The lowest BCUT2D eigenvalue weighted by Gasteiger charge is -2.29. The molecule has 0 unspecified atom stereocenters. The second-order valence-corrected chi connectivity index (χ2v) is 6.92. The van der Waals surface area contributed by atoms with Crippen LogP contribution in [0.5, 0.6) is 0 Å². The van der Waals surface area contributed by atoms with Gasteiger partial charge in [-0.1, -0.05) is 6.92 Å². The van der Waals surface area contributed by atoms with Crippen molar-refractivity contribution in [2.24, 2.45) is 10.9 Å². The largest absolute Gasteiger partial charge is 0.401 e. The standard InChI is InChI=1S/C17H34F3N5/c1-4-21-16(23-9-13-24(3)14-17(18,19)20)22-8-5-10-25-11-6-15(2)7-12-25/h15H,4-14H2,1-3H3,(H2,21,22,23). The summed E-state index contributed by atoms with van der Waals surface area (Å²) >= 11 is 0. The molecular weight excluding hydrogens is 331 g/mol. The maximum Gasteiger partial charge on any atom is 0.401 e. The summed E-state index contributed by atoms with van der Waals surface area (Å²) in [7, 11) is 1.47. The molecule has 1 heterocycles. The number of hydrogen-bond acceptors (Lipinski definition) is 3. The van der Waals surface area contributed by atoms with Crippen LogP contribution in [0.1, 0.15) is 33.1 Å². The van der Waals surface area contributed by atoms with Crippen LogP contribution in [0, 0.1) is 5.92 Å². The molecule has 1 saturated heterocycles. The van der Waals surface area contributed by atoms with Crippen LogP contribution in [0.15, 0.2) is 4.99 Å². The SMILES string of the molecule is CCNC(=NCCCN1CCC(C)CC1)NCCN(C)CC(F)(F)F. The molecule has 1 aliphatic heterocycles. The van der Waals surface area contributed by atoms with Gasteiger partial charge in [0.25, 0.3) is 0 Å². The van der Waals surface area contributed by atoms with E-state index in [0.717, 1.165) is 32.0 Å². The molecule has 0 atom stereocenters. The van der Waals surface area contributed by atoms with Gasteiger partial charge in [0.15, 0.2) is 5.96 Å². The van der Waals surface area contributed by atoms with E-state index in [1.165, 1.54) is 37.9 Å². The predicted molar refractivity (Wildman–Crippen MR) is 97.0 cm³/mol. The average Bonchev–Trinajstić information content (AvgIpc) is 2.51. The number of halogens is 3. The highest BCUT2D eigenvalue weighted by Gasteiger charge is 2.28. The summed E-state index contributed by atoms with van der Waals surface area (Å²) in [6, 6.07) is 0. The third-order valence-corrected chi connectivity index (χ3v) is 4.36. The molecule has 148 valence electrons. The summed E-state index contributed by atoms with van der Waals surface area (Å²) in [5, 5.41) is 6.23. The van der Waals surface area contributed by atoms with E-state index in [1.54, 1.807) is 0 Å². The molecule has 0 aliphatic carbocycles. The molecule has 0 radical (unpaired) electrons. The fraction of sp³-hybridized carbons (Fsp3) is 0.941. The van der Waals surface area contributed by atoms with Gasteiger partial charge < -0.3 is 15.5 Å². The van der Waals surface area contributed by atoms with Gasteiger partial charge in [-0.3, -0.25) is 9.89 Å². The molecule has 8 heteroatoms. The Bertz CT molecular complexity index is 379. The first-order chi connectivity index (χ1) is 11.8. The van der Waals surface area contributed by atoms with E-state index in [9.17, 15) is 13.2 Å². The lowest BCUT2D eigenvalue weighted by molar-refractivity contribution is -0.142. The molecule has 0 amide bonds. The van der Waals surface area contributed by atoms with Crippen molar-refractivity contribution >= 4 is 5.96 Å². The summed E-state index contributed by atoms with van der Waals surface area (Å²) < 4.78 is 36.9. The van der Waals surface area contributed by atoms with E-state index in [4.69, 9.17) is 0 Å². The number of nitrogens with zero attached hydrogens (tertiary/aromatic N) is 3. The van der Waals surface area contributed by atoms with Gasteiger partial charge in [-0.05, 0) is 58.8 Å². The monoisotopic (exact) mass is 365 g/mol. The molecule has 0 bridgehead atoms. The van der Waals surface area contributed by atoms with Crippen molar-refractivity contribution in [2.75, 3.05) is 59.4 Å². The van der Waals surface area contributed by atoms with E-state index >= 15 is 0 Å². The van der Waals surface area contributed by atoms with Crippen LogP contribution < -0.4 is 10.6 Å². The molecule has 0 aromatic heterocycles. The van der Waals surface area contributed by atoms with Crippen molar-refractivity contribution in [1.82, 2.24) is 20.4 Å². The minimum atomic E-state index is -4.15. The second-order valence-electron chi connectivity index (χ2n) is 6.92. The number of hydrogen-bond donors (Lipinski definition) is 2. The van der Waals surface area contributed by atoms with Gasteiger partial charge in [0.05, 0.1) is 6.54 Å². The fourth-order valence-corrected chi connectivity index (χ4v) is 2.86. The zero-order valence-corrected chi connectivity index (χ0v) is 15.8. The number of likely N-dealkylation sites (tertiary alicyclic amines) is 1. The lowest BCUT2D eigenvalue weighted by Crippen LogP contribution is -2.42. The quantitative estimate of drug-likeness (QED) is 0.373. The Labute approximate surface area is 150 Å². The van der Waals surface area contributed by atoms with Crippen molar-refractivity contribution in [2.45, 2.75) is 39.3 Å². The number of piperidine rings is 1. The first-order valence-corrected chi connectivity index (χ1v) is 9.30. The predicted octanol–water partition coefficient (Wildman–Crippen LogP) is 2.16. The molecule has 25 heavy (non-hydrogen) atoms. The Morgan fingerprint density at radius 2 is 1.92 bits per heavy atom. The number of likely N-dealkylation sites (N-methyl/N-ethyl adjacent to an activating group) is 1. The second kappa shape index (κ2) is 11.6. The Balaban J connectivity index is 2.22. The van der Waals surface area contributed by atoms with Crippen molar-refractivity contribution in [3.8, 4) is 0 Å². The summed E-state index contributed by atoms with van der Waals surface area (Å²) in [6.07, 6.45) is -0.601. The molecule has 0 aromatic rings. The highest BCUT2D eigenvalue weighted by molar-refractivity contribution is 5.79. The van der Waals surface area contributed by atoms with Gasteiger partial charge in [0.2, 0.25) is 0 Å². The molecule has 0 saturated carbocycles. The van der Waals surface area contributed by atoms with Crippen LogP contribution in [-0.2, 0) is 0 Å². The number of guanidine groups is 1. The van der Waals surface area contributed by atoms with Gasteiger partial charge in [-0.25, -0.2) is 0 Å². The number of alkyl halides is 3. The van der Waals surface area contributed by atoms with Gasteiger partial charge in [-0.2, -0.15) is 13.2 Å². The Kier molecular flexibility index (Phi) is 10.2. The van der Waals surface area contributed by atoms with E-state index in [1.807, 2.05) is 6.92 Å². The van der Waals surface area contributed by atoms with Crippen molar-refractivity contribution < 1.29 is 13.2 Å². The molecule has 5 nitrogen and oxygen atoms in total. The highest BCUT2D eigenvalue weighted by atomic mass is 19.4. The number of aliphatic imine (C=N–C) groups is 1. The zero-order chi connectivity index (χ0) is 18.7.